The Morgan fingerprint density at radius 1 is 1.11 bits per heavy atom. The van der Waals surface area contributed by atoms with Gasteiger partial charge in [-0.15, -0.1) is 0 Å². The van der Waals surface area contributed by atoms with Crippen molar-refractivity contribution in [1.29, 1.82) is 0 Å². The van der Waals surface area contributed by atoms with Crippen LogP contribution in [-0.4, -0.2) is 41.0 Å². The zero-order valence-corrected chi connectivity index (χ0v) is 15.9. The molecule has 6 heteroatoms. The number of likely N-dealkylation sites (tertiary alicyclic amines) is 1. The van der Waals surface area contributed by atoms with Crippen LogP contribution < -0.4 is 0 Å². The molecule has 2 heterocycles. The van der Waals surface area contributed by atoms with Gasteiger partial charge in [-0.1, -0.05) is 60.1 Å². The lowest BCUT2D eigenvalue weighted by molar-refractivity contribution is -0.140. The van der Waals surface area contributed by atoms with Crippen molar-refractivity contribution in [3.05, 3.63) is 76.3 Å². The van der Waals surface area contributed by atoms with Crippen LogP contribution in [0.3, 0.4) is 0 Å². The zero-order chi connectivity index (χ0) is 19.7. The number of ether oxygens (including phenoxy) is 1. The van der Waals surface area contributed by atoms with E-state index in [4.69, 9.17) is 16.3 Å². The smallest absolute Gasteiger partial charge is 0.295 e. The van der Waals surface area contributed by atoms with Crippen LogP contribution in [0.2, 0.25) is 5.02 Å². The molecule has 2 atom stereocenters. The Morgan fingerprint density at radius 2 is 1.82 bits per heavy atom. The van der Waals surface area contributed by atoms with E-state index < -0.39 is 17.7 Å². The van der Waals surface area contributed by atoms with Crippen LogP contribution >= 0.6 is 11.6 Å². The highest BCUT2D eigenvalue weighted by molar-refractivity contribution is 6.47. The normalized spacial score (nSPS) is 24.1. The summed E-state index contributed by atoms with van der Waals surface area (Å²) < 4.78 is 5.68. The lowest BCUT2D eigenvalue weighted by Gasteiger charge is -2.28. The Hall–Kier alpha value is -2.63. The van der Waals surface area contributed by atoms with Gasteiger partial charge in [0, 0.05) is 23.7 Å². The van der Waals surface area contributed by atoms with Gasteiger partial charge < -0.3 is 14.7 Å². The molecule has 5 nitrogen and oxygen atoms in total. The number of benzene rings is 2. The SMILES string of the molecule is O=C1C(=O)N(C[C@@H]2CCCO2)[C@H](c2ccccc2Cl)C1=C(O)c1ccccc1. The Kier molecular flexibility index (Phi) is 5.20. The molecule has 0 aromatic heterocycles. The molecule has 2 saturated heterocycles. The number of carbonyl (C=O) groups excluding carboxylic acids is 2. The first kappa shape index (κ1) is 18.7. The van der Waals surface area contributed by atoms with Crippen LogP contribution in [0, 0.1) is 0 Å². The van der Waals surface area contributed by atoms with Crippen molar-refractivity contribution >= 4 is 29.1 Å². The summed E-state index contributed by atoms with van der Waals surface area (Å²) in [6.45, 7) is 0.932. The van der Waals surface area contributed by atoms with E-state index in [9.17, 15) is 14.7 Å². The number of halogens is 1. The molecule has 0 unspecified atom stereocenters. The number of Topliss-reactive ketones (excluding diaryl/α,β-unsaturated/α-hetero) is 1. The molecular weight excluding hydrogens is 378 g/mol. The number of nitrogens with zero attached hydrogens (tertiary/aromatic N) is 1. The quantitative estimate of drug-likeness (QED) is 0.482. The van der Waals surface area contributed by atoms with Gasteiger partial charge in [-0.2, -0.15) is 0 Å². The minimum atomic E-state index is -0.752. The van der Waals surface area contributed by atoms with Crippen LogP contribution in [0.1, 0.15) is 30.0 Å². The zero-order valence-electron chi connectivity index (χ0n) is 15.2. The maximum absolute atomic E-state index is 12.9. The van der Waals surface area contributed by atoms with E-state index in [1.165, 1.54) is 4.90 Å². The molecule has 0 saturated carbocycles. The summed E-state index contributed by atoms with van der Waals surface area (Å²) in [6.07, 6.45) is 1.63. The molecule has 144 valence electrons. The molecule has 4 rings (SSSR count). The molecule has 2 aromatic rings. The molecule has 1 N–H and O–H groups in total. The van der Waals surface area contributed by atoms with Gasteiger partial charge in [0.1, 0.15) is 5.76 Å². The molecule has 2 aliphatic heterocycles. The number of hydrogen-bond donors (Lipinski definition) is 1. The predicted octanol–water partition coefficient (Wildman–Crippen LogP) is 3.94. The van der Waals surface area contributed by atoms with Crippen molar-refractivity contribution in [2.45, 2.75) is 25.0 Å². The summed E-state index contributed by atoms with van der Waals surface area (Å²) in [6, 6.07) is 15.1. The minimum Gasteiger partial charge on any atom is -0.507 e. The monoisotopic (exact) mass is 397 g/mol. The molecule has 2 aliphatic rings. The number of hydrogen-bond acceptors (Lipinski definition) is 4. The molecule has 1 amide bonds. The van der Waals surface area contributed by atoms with Crippen molar-refractivity contribution in [1.82, 2.24) is 4.90 Å². The fourth-order valence-electron chi connectivity index (χ4n) is 3.85. The second kappa shape index (κ2) is 7.78. The van der Waals surface area contributed by atoms with E-state index in [2.05, 4.69) is 0 Å². The summed E-state index contributed by atoms with van der Waals surface area (Å²) in [7, 11) is 0. The first-order valence-electron chi connectivity index (χ1n) is 9.28. The fourth-order valence-corrected chi connectivity index (χ4v) is 4.09. The highest BCUT2D eigenvalue weighted by Gasteiger charge is 2.47. The minimum absolute atomic E-state index is 0.0577. The van der Waals surface area contributed by atoms with Gasteiger partial charge in [0.15, 0.2) is 0 Å². The van der Waals surface area contributed by atoms with Gasteiger partial charge in [-0.3, -0.25) is 9.59 Å². The number of aliphatic hydroxyl groups excluding tert-OH is 1. The maximum Gasteiger partial charge on any atom is 0.295 e. The van der Waals surface area contributed by atoms with E-state index in [-0.39, 0.29) is 24.0 Å². The molecule has 28 heavy (non-hydrogen) atoms. The van der Waals surface area contributed by atoms with Gasteiger partial charge in [-0.25, -0.2) is 0 Å². The third kappa shape index (κ3) is 3.32. The van der Waals surface area contributed by atoms with Crippen LogP contribution in [0.4, 0.5) is 0 Å². The highest BCUT2D eigenvalue weighted by Crippen LogP contribution is 2.42. The highest BCUT2D eigenvalue weighted by atomic mass is 35.5. The predicted molar refractivity (Wildman–Crippen MR) is 106 cm³/mol. The second-order valence-electron chi connectivity index (χ2n) is 6.97. The number of aliphatic hydroxyl groups is 1. The maximum atomic E-state index is 12.9. The van der Waals surface area contributed by atoms with Crippen molar-refractivity contribution in [2.24, 2.45) is 0 Å². The van der Waals surface area contributed by atoms with Gasteiger partial charge in [0.2, 0.25) is 0 Å². The molecule has 2 aromatic carbocycles. The van der Waals surface area contributed by atoms with Crippen molar-refractivity contribution in [3.63, 3.8) is 0 Å². The Balaban J connectivity index is 1.84. The van der Waals surface area contributed by atoms with E-state index in [1.807, 2.05) is 6.07 Å². The van der Waals surface area contributed by atoms with Gasteiger partial charge in [0.05, 0.1) is 17.7 Å². The number of ketones is 1. The standard InChI is InChI=1S/C22H20ClNO4/c23-17-11-5-4-10-16(17)19-18(20(25)14-7-2-1-3-8-14)21(26)22(27)24(19)13-15-9-6-12-28-15/h1-5,7-8,10-11,15,19,25H,6,9,12-13H2/t15-,19+/m0/s1. The van der Waals surface area contributed by atoms with E-state index in [0.717, 1.165) is 12.8 Å². The number of carbonyl (C=O) groups is 2. The molecule has 0 aliphatic carbocycles. The van der Waals surface area contributed by atoms with Gasteiger partial charge in [-0.05, 0) is 24.5 Å². The Morgan fingerprint density at radius 3 is 2.50 bits per heavy atom. The van der Waals surface area contributed by atoms with E-state index in [0.29, 0.717) is 22.8 Å². The molecular formula is C22H20ClNO4. The second-order valence-corrected chi connectivity index (χ2v) is 7.38. The Bertz CT molecular complexity index is 935. The van der Waals surface area contributed by atoms with Gasteiger partial charge in [0.25, 0.3) is 11.7 Å². The molecule has 0 spiro atoms. The van der Waals surface area contributed by atoms with Crippen LogP contribution in [0.5, 0.6) is 0 Å². The van der Waals surface area contributed by atoms with Crippen molar-refractivity contribution < 1.29 is 19.4 Å². The first-order chi connectivity index (χ1) is 13.6. The number of rotatable bonds is 4. The first-order valence-corrected chi connectivity index (χ1v) is 9.65. The third-order valence-corrected chi connectivity index (χ3v) is 5.56. The van der Waals surface area contributed by atoms with Crippen molar-refractivity contribution in [3.8, 4) is 0 Å². The summed E-state index contributed by atoms with van der Waals surface area (Å²) in [5, 5.41) is 11.4. The lowest BCUT2D eigenvalue weighted by atomic mass is 9.95. The summed E-state index contributed by atoms with van der Waals surface area (Å²) in [4.78, 5) is 27.3. The summed E-state index contributed by atoms with van der Waals surface area (Å²) in [5.74, 6) is -1.54. The van der Waals surface area contributed by atoms with E-state index >= 15 is 0 Å². The largest absolute Gasteiger partial charge is 0.507 e. The summed E-state index contributed by atoms with van der Waals surface area (Å²) in [5.41, 5.74) is 1.15. The van der Waals surface area contributed by atoms with Crippen LogP contribution in [0.15, 0.2) is 60.2 Å². The topological polar surface area (TPSA) is 66.8 Å². The molecule has 0 bridgehead atoms. The van der Waals surface area contributed by atoms with Crippen LogP contribution in [-0.2, 0) is 14.3 Å². The fraction of sp³-hybridized carbons (Fsp3) is 0.273. The van der Waals surface area contributed by atoms with Gasteiger partial charge >= 0.3 is 0 Å². The third-order valence-electron chi connectivity index (χ3n) is 5.21. The summed E-state index contributed by atoms with van der Waals surface area (Å²) >= 11 is 6.41. The average molecular weight is 398 g/mol. The molecule has 2 fully saturated rings. The van der Waals surface area contributed by atoms with Crippen molar-refractivity contribution in [2.75, 3.05) is 13.2 Å². The number of amides is 1. The van der Waals surface area contributed by atoms with E-state index in [1.54, 1.807) is 48.5 Å². The van der Waals surface area contributed by atoms with Crippen LogP contribution in [0.25, 0.3) is 5.76 Å². The molecule has 0 radical (unpaired) electrons. The Labute approximate surface area is 168 Å². The lowest BCUT2D eigenvalue weighted by Crippen LogP contribution is -2.36. The average Bonchev–Trinajstić information content (AvgIpc) is 3.31.